The Hall–Kier alpha value is -1.67. The molecule has 2 N–H and O–H groups in total. The van der Waals surface area contributed by atoms with E-state index in [9.17, 15) is 0 Å². The molecule has 0 spiro atoms. The van der Waals surface area contributed by atoms with Crippen LogP contribution in [0, 0.1) is 0 Å². The second-order valence-electron chi connectivity index (χ2n) is 7.79. The second kappa shape index (κ2) is 12.1. The Kier molecular flexibility index (Phi) is 9.21. The molecule has 0 amide bonds. The van der Waals surface area contributed by atoms with Gasteiger partial charge in [-0.2, -0.15) is 0 Å². The van der Waals surface area contributed by atoms with Crippen LogP contribution in [0.4, 0.5) is 0 Å². The molecule has 3 rings (SSSR count). The summed E-state index contributed by atoms with van der Waals surface area (Å²) >= 11 is 0. The summed E-state index contributed by atoms with van der Waals surface area (Å²) in [5.41, 5.74) is 2.71. The van der Waals surface area contributed by atoms with Gasteiger partial charge in [0, 0.05) is 72.5 Å². The number of piperazine rings is 1. The second-order valence-corrected chi connectivity index (χ2v) is 7.79. The minimum absolute atomic E-state index is 0.787. The number of aliphatic imine (C=N–C) groups is 1. The molecule has 0 atom stereocenters. The van der Waals surface area contributed by atoms with Crippen LogP contribution in [0.1, 0.15) is 18.1 Å². The summed E-state index contributed by atoms with van der Waals surface area (Å²) in [5.74, 6) is 0.873. The Labute approximate surface area is 176 Å². The zero-order valence-corrected chi connectivity index (χ0v) is 18.2. The van der Waals surface area contributed by atoms with Crippen molar-refractivity contribution in [3.8, 4) is 0 Å². The molecule has 0 radical (unpaired) electrons. The lowest BCUT2D eigenvalue weighted by Gasteiger charge is -2.34. The third-order valence-corrected chi connectivity index (χ3v) is 5.92. The lowest BCUT2D eigenvalue weighted by Crippen LogP contribution is -2.49. The van der Waals surface area contributed by atoms with E-state index < -0.39 is 0 Å². The molecule has 2 aliphatic rings. The first-order chi connectivity index (χ1) is 14.3. The number of hydrogen-bond donors (Lipinski definition) is 2. The van der Waals surface area contributed by atoms with Crippen molar-refractivity contribution >= 4 is 5.96 Å². The third kappa shape index (κ3) is 7.26. The van der Waals surface area contributed by atoms with Crippen molar-refractivity contribution in [3.05, 3.63) is 35.4 Å². The van der Waals surface area contributed by atoms with Crippen molar-refractivity contribution < 1.29 is 4.74 Å². The Morgan fingerprint density at radius 1 is 0.931 bits per heavy atom. The lowest BCUT2D eigenvalue weighted by molar-refractivity contribution is 0.0341. The zero-order chi connectivity index (χ0) is 20.3. The maximum Gasteiger partial charge on any atom is 0.191 e. The number of ether oxygens (including phenoxy) is 1. The monoisotopic (exact) mass is 402 g/mol. The van der Waals surface area contributed by atoms with Gasteiger partial charge in [0.05, 0.1) is 13.2 Å². The number of rotatable bonds is 8. The molecule has 29 heavy (non-hydrogen) atoms. The van der Waals surface area contributed by atoms with Crippen LogP contribution in [-0.2, 0) is 17.8 Å². The average Bonchev–Trinajstić information content (AvgIpc) is 2.78. The molecular formula is C22H38N6O. The Balaban J connectivity index is 1.41. The first-order valence-corrected chi connectivity index (χ1v) is 11.0. The lowest BCUT2D eigenvalue weighted by atomic mass is 10.1. The van der Waals surface area contributed by atoms with Gasteiger partial charge in [-0.25, -0.2) is 0 Å². The molecule has 0 aliphatic carbocycles. The summed E-state index contributed by atoms with van der Waals surface area (Å²) in [5, 5.41) is 6.96. The van der Waals surface area contributed by atoms with E-state index in [1.54, 1.807) is 0 Å². The summed E-state index contributed by atoms with van der Waals surface area (Å²) in [4.78, 5) is 11.9. The molecule has 1 aromatic carbocycles. The molecular weight excluding hydrogens is 364 g/mol. The first-order valence-electron chi connectivity index (χ1n) is 11.0. The van der Waals surface area contributed by atoms with E-state index in [1.165, 1.54) is 24.2 Å². The Morgan fingerprint density at radius 2 is 1.62 bits per heavy atom. The van der Waals surface area contributed by atoms with Crippen molar-refractivity contribution in [2.45, 2.75) is 20.0 Å². The molecule has 0 unspecified atom stereocenters. The number of benzene rings is 1. The molecule has 2 aliphatic heterocycles. The van der Waals surface area contributed by atoms with Gasteiger partial charge >= 0.3 is 0 Å². The van der Waals surface area contributed by atoms with E-state index >= 15 is 0 Å². The van der Waals surface area contributed by atoms with Gasteiger partial charge in [0.15, 0.2) is 5.96 Å². The van der Waals surface area contributed by atoms with Crippen LogP contribution in [-0.4, -0.2) is 99.8 Å². The topological polar surface area (TPSA) is 55.4 Å². The molecule has 0 saturated carbocycles. The van der Waals surface area contributed by atoms with E-state index in [4.69, 9.17) is 4.74 Å². The van der Waals surface area contributed by atoms with Gasteiger partial charge < -0.3 is 20.3 Å². The number of guanidine groups is 1. The largest absolute Gasteiger partial charge is 0.379 e. The van der Waals surface area contributed by atoms with Gasteiger partial charge in [-0.1, -0.05) is 31.2 Å². The van der Waals surface area contributed by atoms with Crippen LogP contribution < -0.4 is 10.6 Å². The van der Waals surface area contributed by atoms with Gasteiger partial charge in [-0.3, -0.25) is 14.8 Å². The number of nitrogens with zero attached hydrogens (tertiary/aromatic N) is 4. The maximum absolute atomic E-state index is 5.47. The van der Waals surface area contributed by atoms with Crippen LogP contribution in [0.5, 0.6) is 0 Å². The highest BCUT2D eigenvalue weighted by Gasteiger charge is 2.15. The summed E-state index contributed by atoms with van der Waals surface area (Å²) in [6, 6.07) is 8.69. The summed E-state index contributed by atoms with van der Waals surface area (Å²) < 4.78 is 5.47. The van der Waals surface area contributed by atoms with Crippen LogP contribution in [0.3, 0.4) is 0 Å². The van der Waals surface area contributed by atoms with E-state index in [0.717, 1.165) is 78.1 Å². The highest BCUT2D eigenvalue weighted by molar-refractivity contribution is 5.79. The molecule has 7 nitrogen and oxygen atoms in total. The number of morpholine rings is 1. The summed E-state index contributed by atoms with van der Waals surface area (Å²) in [7, 11) is 1.84. The van der Waals surface area contributed by atoms with E-state index in [1.807, 2.05) is 7.05 Å². The Morgan fingerprint density at radius 3 is 2.31 bits per heavy atom. The zero-order valence-electron chi connectivity index (χ0n) is 18.2. The number of nitrogens with one attached hydrogen (secondary N) is 2. The minimum Gasteiger partial charge on any atom is -0.379 e. The van der Waals surface area contributed by atoms with Crippen molar-refractivity contribution in [3.63, 3.8) is 0 Å². The highest BCUT2D eigenvalue weighted by Crippen LogP contribution is 2.13. The first kappa shape index (κ1) is 22.0. The highest BCUT2D eigenvalue weighted by atomic mass is 16.5. The third-order valence-electron chi connectivity index (χ3n) is 5.92. The van der Waals surface area contributed by atoms with Crippen molar-refractivity contribution in [2.24, 2.45) is 4.99 Å². The van der Waals surface area contributed by atoms with Gasteiger partial charge in [0.1, 0.15) is 0 Å². The van der Waals surface area contributed by atoms with E-state index in [-0.39, 0.29) is 0 Å². The van der Waals surface area contributed by atoms with Gasteiger partial charge in [-0.05, 0) is 17.7 Å². The Bertz CT molecular complexity index is 623. The fourth-order valence-corrected chi connectivity index (χ4v) is 3.95. The maximum atomic E-state index is 5.47. The summed E-state index contributed by atoms with van der Waals surface area (Å²) in [6.45, 7) is 15.5. The standard InChI is InChI=1S/C22H38N6O/c1-3-26-10-12-27(13-11-26)9-8-24-22(23-2)25-18-20-6-4-5-7-21(20)19-28-14-16-29-17-15-28/h4-7H,3,8-19H2,1-2H3,(H2,23,24,25). The van der Waals surface area contributed by atoms with Gasteiger partial charge in [-0.15, -0.1) is 0 Å². The molecule has 2 saturated heterocycles. The quantitative estimate of drug-likeness (QED) is 0.496. The van der Waals surface area contributed by atoms with Crippen molar-refractivity contribution in [1.82, 2.24) is 25.3 Å². The number of hydrogen-bond acceptors (Lipinski definition) is 5. The van der Waals surface area contributed by atoms with Crippen LogP contribution >= 0.6 is 0 Å². The molecule has 1 aromatic rings. The van der Waals surface area contributed by atoms with Crippen LogP contribution in [0.25, 0.3) is 0 Å². The average molecular weight is 403 g/mol. The van der Waals surface area contributed by atoms with Crippen molar-refractivity contribution in [1.29, 1.82) is 0 Å². The van der Waals surface area contributed by atoms with E-state index in [2.05, 4.69) is 61.5 Å². The van der Waals surface area contributed by atoms with Crippen LogP contribution in [0.2, 0.25) is 0 Å². The normalized spacial score (nSPS) is 20.0. The smallest absolute Gasteiger partial charge is 0.191 e. The van der Waals surface area contributed by atoms with Gasteiger partial charge in [0.25, 0.3) is 0 Å². The molecule has 162 valence electrons. The fraction of sp³-hybridized carbons (Fsp3) is 0.682. The molecule has 7 heteroatoms. The minimum atomic E-state index is 0.787. The molecule has 0 aromatic heterocycles. The fourth-order valence-electron chi connectivity index (χ4n) is 3.95. The number of likely N-dealkylation sites (N-methyl/N-ethyl adjacent to an activating group) is 1. The van der Waals surface area contributed by atoms with E-state index in [0.29, 0.717) is 0 Å². The molecule has 0 bridgehead atoms. The van der Waals surface area contributed by atoms with Gasteiger partial charge in [0.2, 0.25) is 0 Å². The summed E-state index contributed by atoms with van der Waals surface area (Å²) in [6.07, 6.45) is 0. The van der Waals surface area contributed by atoms with Crippen molar-refractivity contribution in [2.75, 3.05) is 79.2 Å². The predicted octanol–water partition coefficient (Wildman–Crippen LogP) is 0.821. The molecule has 2 heterocycles. The SMILES string of the molecule is CCN1CCN(CCNC(=NC)NCc2ccccc2CN2CCOCC2)CC1. The predicted molar refractivity (Wildman–Crippen MR) is 119 cm³/mol. The molecule has 2 fully saturated rings. The van der Waals surface area contributed by atoms with Crippen LogP contribution in [0.15, 0.2) is 29.3 Å².